The number of benzene rings is 1. The molecular formula is C16H17N3. The highest BCUT2D eigenvalue weighted by atomic mass is 15.6. The number of allylic oxidation sites excluding steroid dienone is 2. The van der Waals surface area contributed by atoms with E-state index < -0.39 is 0 Å². The van der Waals surface area contributed by atoms with Crippen molar-refractivity contribution in [2.24, 2.45) is 34.0 Å². The van der Waals surface area contributed by atoms with Gasteiger partial charge in [0.1, 0.15) is 0 Å². The Hall–Kier alpha value is -1.64. The van der Waals surface area contributed by atoms with Gasteiger partial charge in [-0.3, -0.25) is 0 Å². The fourth-order valence-corrected chi connectivity index (χ4v) is 4.99. The van der Waals surface area contributed by atoms with Crippen molar-refractivity contribution in [1.29, 1.82) is 0 Å². The molecule has 0 aromatic heterocycles. The fraction of sp³-hybridized carbons (Fsp3) is 0.500. The molecule has 3 nitrogen and oxygen atoms in total. The Kier molecular flexibility index (Phi) is 1.86. The third kappa shape index (κ3) is 1.18. The Morgan fingerprint density at radius 3 is 2.84 bits per heavy atom. The Bertz CT molecular complexity index is 565. The zero-order chi connectivity index (χ0) is 12.4. The zero-order valence-electron chi connectivity index (χ0n) is 10.8. The molecule has 4 aliphatic rings. The van der Waals surface area contributed by atoms with E-state index in [9.17, 15) is 0 Å². The highest BCUT2D eigenvalue weighted by Gasteiger charge is 2.61. The van der Waals surface area contributed by atoms with Crippen LogP contribution in [-0.2, 0) is 0 Å². The summed E-state index contributed by atoms with van der Waals surface area (Å²) in [6.45, 7) is 0. The Labute approximate surface area is 113 Å². The zero-order valence-corrected chi connectivity index (χ0v) is 10.8. The van der Waals surface area contributed by atoms with E-state index >= 15 is 0 Å². The predicted molar refractivity (Wildman–Crippen MR) is 73.7 cm³/mol. The molecule has 0 radical (unpaired) electrons. The van der Waals surface area contributed by atoms with Crippen molar-refractivity contribution >= 4 is 5.69 Å². The van der Waals surface area contributed by atoms with E-state index in [4.69, 9.17) is 0 Å². The maximum atomic E-state index is 4.62. The van der Waals surface area contributed by atoms with Gasteiger partial charge in [-0.25, -0.2) is 5.01 Å². The van der Waals surface area contributed by atoms with Crippen molar-refractivity contribution in [3.63, 3.8) is 0 Å². The van der Waals surface area contributed by atoms with Gasteiger partial charge in [0.15, 0.2) is 0 Å². The molecule has 1 aromatic rings. The van der Waals surface area contributed by atoms with E-state index in [1.807, 2.05) is 0 Å². The lowest BCUT2D eigenvalue weighted by molar-refractivity contribution is 0.238. The average Bonchev–Trinajstić information content (AvgIpc) is 3.17. The minimum absolute atomic E-state index is 0.450. The molecule has 0 N–H and O–H groups in total. The van der Waals surface area contributed by atoms with Crippen LogP contribution in [0.5, 0.6) is 0 Å². The Morgan fingerprint density at radius 2 is 1.95 bits per heavy atom. The van der Waals surface area contributed by atoms with E-state index in [-0.39, 0.29) is 0 Å². The molecule has 1 heterocycles. The van der Waals surface area contributed by atoms with Crippen LogP contribution in [0, 0.1) is 23.7 Å². The van der Waals surface area contributed by atoms with Crippen molar-refractivity contribution in [2.75, 3.05) is 5.01 Å². The number of anilines is 1. The van der Waals surface area contributed by atoms with E-state index in [1.54, 1.807) is 0 Å². The third-order valence-electron chi connectivity index (χ3n) is 5.66. The second-order valence-electron chi connectivity index (χ2n) is 6.33. The molecule has 2 saturated carbocycles. The van der Waals surface area contributed by atoms with Gasteiger partial charge in [-0.1, -0.05) is 35.6 Å². The summed E-state index contributed by atoms with van der Waals surface area (Å²) in [5.41, 5.74) is 1.20. The minimum atomic E-state index is 0.450. The first-order valence-corrected chi connectivity index (χ1v) is 7.35. The summed E-state index contributed by atoms with van der Waals surface area (Å²) in [5.74, 6) is 3.18. The first-order valence-electron chi connectivity index (χ1n) is 7.35. The molecule has 0 unspecified atom stereocenters. The van der Waals surface area contributed by atoms with Gasteiger partial charge in [0.2, 0.25) is 0 Å². The van der Waals surface area contributed by atoms with Crippen LogP contribution in [0.3, 0.4) is 0 Å². The smallest absolute Gasteiger partial charge is 0.0988 e. The standard InChI is InChI=1S/C16H17N3/c1-2-5-10(6-3-1)19-16-14-9-13(15(16)17-18-19)11-7-4-8-12(11)14/h1-6,8,11-16H,7,9H2/t11-,12+,13+,14-,15+,16-/m1/s1. The summed E-state index contributed by atoms with van der Waals surface area (Å²) in [6, 6.07) is 11.5. The molecule has 5 rings (SSSR count). The average molecular weight is 251 g/mol. The van der Waals surface area contributed by atoms with Gasteiger partial charge < -0.3 is 0 Å². The van der Waals surface area contributed by atoms with Gasteiger partial charge in [-0.05, 0) is 48.6 Å². The normalized spacial score (nSPS) is 44.9. The van der Waals surface area contributed by atoms with Gasteiger partial charge in [-0.15, -0.1) is 0 Å². The Morgan fingerprint density at radius 1 is 1.05 bits per heavy atom. The lowest BCUT2D eigenvalue weighted by atomic mass is 9.76. The minimum Gasteiger partial charge on any atom is -0.242 e. The second-order valence-corrected chi connectivity index (χ2v) is 6.33. The molecule has 1 aromatic carbocycles. The summed E-state index contributed by atoms with van der Waals surface area (Å²) in [6.07, 6.45) is 7.49. The summed E-state index contributed by atoms with van der Waals surface area (Å²) in [4.78, 5) is 0. The predicted octanol–water partition coefficient (Wildman–Crippen LogP) is 3.45. The lowest BCUT2D eigenvalue weighted by Crippen LogP contribution is -2.44. The van der Waals surface area contributed by atoms with Crippen molar-refractivity contribution in [1.82, 2.24) is 0 Å². The number of rotatable bonds is 1. The molecule has 3 heteroatoms. The van der Waals surface area contributed by atoms with E-state index in [1.165, 1.54) is 18.5 Å². The van der Waals surface area contributed by atoms with E-state index in [0.29, 0.717) is 12.1 Å². The van der Waals surface area contributed by atoms with Gasteiger partial charge in [0.05, 0.1) is 17.8 Å². The van der Waals surface area contributed by atoms with Gasteiger partial charge in [0, 0.05) is 0 Å². The quantitative estimate of drug-likeness (QED) is 0.702. The second kappa shape index (κ2) is 3.47. The van der Waals surface area contributed by atoms with Crippen LogP contribution < -0.4 is 5.01 Å². The molecular weight excluding hydrogens is 234 g/mol. The molecule has 0 saturated heterocycles. The number of hydrogen-bond donors (Lipinski definition) is 0. The van der Waals surface area contributed by atoms with Crippen LogP contribution >= 0.6 is 0 Å². The molecule has 19 heavy (non-hydrogen) atoms. The molecule has 3 aliphatic carbocycles. The fourth-order valence-electron chi connectivity index (χ4n) is 4.99. The molecule has 0 amide bonds. The maximum Gasteiger partial charge on any atom is 0.0988 e. The number of nitrogens with zero attached hydrogens (tertiary/aromatic N) is 3. The molecule has 0 spiro atoms. The summed E-state index contributed by atoms with van der Waals surface area (Å²) < 4.78 is 0. The SMILES string of the molecule is C1=C[C@H]2[C@@H](C1)[C@@H]1C[C@H]2[C@@H]2[C@H]1N=NN2c1ccccc1. The van der Waals surface area contributed by atoms with Crippen LogP contribution in [0.4, 0.5) is 5.69 Å². The van der Waals surface area contributed by atoms with Crippen molar-refractivity contribution in [2.45, 2.75) is 24.9 Å². The molecule has 2 bridgehead atoms. The number of fused-ring (bicyclic) bond motifs is 8. The number of para-hydroxylation sites is 1. The highest BCUT2D eigenvalue weighted by Crippen LogP contribution is 2.60. The van der Waals surface area contributed by atoms with Crippen molar-refractivity contribution in [3.05, 3.63) is 42.5 Å². The van der Waals surface area contributed by atoms with Crippen molar-refractivity contribution in [3.8, 4) is 0 Å². The number of hydrogen-bond acceptors (Lipinski definition) is 3. The van der Waals surface area contributed by atoms with Crippen LogP contribution in [0.25, 0.3) is 0 Å². The molecule has 96 valence electrons. The van der Waals surface area contributed by atoms with Crippen molar-refractivity contribution < 1.29 is 0 Å². The van der Waals surface area contributed by atoms with Crippen LogP contribution in [0.1, 0.15) is 12.8 Å². The topological polar surface area (TPSA) is 28.0 Å². The van der Waals surface area contributed by atoms with Gasteiger partial charge in [-0.2, -0.15) is 5.11 Å². The summed E-state index contributed by atoms with van der Waals surface area (Å²) in [7, 11) is 0. The van der Waals surface area contributed by atoms with Gasteiger partial charge in [0.25, 0.3) is 0 Å². The lowest BCUT2D eigenvalue weighted by Gasteiger charge is -2.35. The third-order valence-corrected chi connectivity index (χ3v) is 5.66. The van der Waals surface area contributed by atoms with Crippen LogP contribution in [0.15, 0.2) is 52.8 Å². The van der Waals surface area contributed by atoms with E-state index in [2.05, 4.69) is 57.8 Å². The van der Waals surface area contributed by atoms with Gasteiger partial charge >= 0.3 is 0 Å². The highest BCUT2D eigenvalue weighted by molar-refractivity contribution is 5.48. The largest absolute Gasteiger partial charge is 0.242 e. The summed E-state index contributed by atoms with van der Waals surface area (Å²) in [5, 5.41) is 11.3. The molecule has 6 atom stereocenters. The summed E-state index contributed by atoms with van der Waals surface area (Å²) >= 11 is 0. The van der Waals surface area contributed by atoms with Crippen LogP contribution in [-0.4, -0.2) is 12.1 Å². The van der Waals surface area contributed by atoms with Crippen LogP contribution in [0.2, 0.25) is 0 Å². The van der Waals surface area contributed by atoms with E-state index in [0.717, 1.165) is 23.7 Å². The maximum absolute atomic E-state index is 4.62. The molecule has 1 aliphatic heterocycles. The monoisotopic (exact) mass is 251 g/mol. The first kappa shape index (κ1) is 10.2. The first-order chi connectivity index (χ1) is 9.43. The molecule has 2 fully saturated rings. The Balaban J connectivity index is 1.53.